The minimum atomic E-state index is -0.448. The molecule has 1 atom stereocenters. The van der Waals surface area contributed by atoms with Crippen molar-refractivity contribution in [2.24, 2.45) is 0 Å². The fourth-order valence-electron chi connectivity index (χ4n) is 3.93. The maximum Gasteiger partial charge on any atom is 0.338 e. The fraction of sp³-hybridized carbons (Fsp3) is 0.450. The highest BCUT2D eigenvalue weighted by Gasteiger charge is 2.36. The van der Waals surface area contributed by atoms with E-state index in [2.05, 4.69) is 15.4 Å². The largest absolute Gasteiger partial charge is 0.496 e. The SMILES string of the molecule is COc1ccccc1C1C(C(=O)OC2CCCCC2)=C(C)Nc2ncnn21. The number of anilines is 1. The maximum absolute atomic E-state index is 13.2. The van der Waals surface area contributed by atoms with Gasteiger partial charge < -0.3 is 14.8 Å². The molecule has 1 aliphatic heterocycles. The molecule has 0 bridgehead atoms. The van der Waals surface area contributed by atoms with E-state index in [1.54, 1.807) is 11.8 Å². The van der Waals surface area contributed by atoms with Crippen LogP contribution in [-0.2, 0) is 9.53 Å². The van der Waals surface area contributed by atoms with Crippen LogP contribution >= 0.6 is 0 Å². The molecule has 7 nitrogen and oxygen atoms in total. The molecule has 7 heteroatoms. The van der Waals surface area contributed by atoms with Gasteiger partial charge in [0.05, 0.1) is 12.7 Å². The first kappa shape index (κ1) is 17.6. The highest BCUT2D eigenvalue weighted by Crippen LogP contribution is 2.39. The minimum Gasteiger partial charge on any atom is -0.496 e. The first-order valence-corrected chi connectivity index (χ1v) is 9.40. The number of hydrogen-bond donors (Lipinski definition) is 1. The molecule has 0 spiro atoms. The Hall–Kier alpha value is -2.83. The summed E-state index contributed by atoms with van der Waals surface area (Å²) in [6.07, 6.45) is 6.76. The quantitative estimate of drug-likeness (QED) is 0.833. The first-order chi connectivity index (χ1) is 13.2. The lowest BCUT2D eigenvalue weighted by Crippen LogP contribution is -2.32. The van der Waals surface area contributed by atoms with E-state index in [0.717, 1.165) is 36.9 Å². The van der Waals surface area contributed by atoms with E-state index in [4.69, 9.17) is 9.47 Å². The van der Waals surface area contributed by atoms with Crippen molar-refractivity contribution in [3.63, 3.8) is 0 Å². The number of benzene rings is 1. The lowest BCUT2D eigenvalue weighted by molar-refractivity contribution is -0.146. The van der Waals surface area contributed by atoms with E-state index in [1.807, 2.05) is 31.2 Å². The van der Waals surface area contributed by atoms with Gasteiger partial charge in [0.25, 0.3) is 0 Å². The Balaban J connectivity index is 1.74. The molecule has 1 saturated carbocycles. The fourth-order valence-corrected chi connectivity index (χ4v) is 3.93. The molecule has 2 aromatic rings. The molecule has 0 amide bonds. The Bertz CT molecular complexity index is 868. The summed E-state index contributed by atoms with van der Waals surface area (Å²) in [6.45, 7) is 1.87. The van der Waals surface area contributed by atoms with Crippen molar-refractivity contribution < 1.29 is 14.3 Å². The number of rotatable bonds is 4. The molecule has 1 aliphatic carbocycles. The number of aromatic nitrogens is 3. The second kappa shape index (κ2) is 7.42. The predicted octanol–water partition coefficient (Wildman–Crippen LogP) is 3.45. The molecule has 27 heavy (non-hydrogen) atoms. The molecule has 2 aliphatic rings. The Morgan fingerprint density at radius 1 is 1.22 bits per heavy atom. The number of carbonyl (C=O) groups is 1. The van der Waals surface area contributed by atoms with Gasteiger partial charge in [-0.05, 0) is 38.7 Å². The highest BCUT2D eigenvalue weighted by atomic mass is 16.5. The van der Waals surface area contributed by atoms with Crippen LogP contribution in [0.2, 0.25) is 0 Å². The molecule has 1 aromatic heterocycles. The van der Waals surface area contributed by atoms with Crippen LogP contribution in [0.25, 0.3) is 0 Å². The summed E-state index contributed by atoms with van der Waals surface area (Å²) in [5.41, 5.74) is 2.12. The third-order valence-corrected chi connectivity index (χ3v) is 5.27. The number of hydrogen-bond acceptors (Lipinski definition) is 6. The van der Waals surface area contributed by atoms with Gasteiger partial charge in [-0.3, -0.25) is 0 Å². The van der Waals surface area contributed by atoms with Crippen molar-refractivity contribution in [2.45, 2.75) is 51.2 Å². The van der Waals surface area contributed by atoms with Crippen molar-refractivity contribution in [3.05, 3.63) is 47.4 Å². The Kier molecular flexibility index (Phi) is 4.83. The Morgan fingerprint density at radius 3 is 2.78 bits per heavy atom. The van der Waals surface area contributed by atoms with Gasteiger partial charge in [-0.1, -0.05) is 24.6 Å². The molecular weight excluding hydrogens is 344 g/mol. The lowest BCUT2D eigenvalue weighted by atomic mass is 9.94. The number of esters is 1. The Morgan fingerprint density at radius 2 is 2.00 bits per heavy atom. The number of ether oxygens (including phenoxy) is 2. The number of fused-ring (bicyclic) bond motifs is 1. The molecule has 0 radical (unpaired) electrons. The van der Waals surface area contributed by atoms with Crippen LogP contribution in [0.3, 0.4) is 0 Å². The van der Waals surface area contributed by atoms with Crippen molar-refractivity contribution in [1.82, 2.24) is 14.8 Å². The summed E-state index contributed by atoms with van der Waals surface area (Å²) in [6, 6.07) is 7.21. The number of methoxy groups -OCH3 is 1. The van der Waals surface area contributed by atoms with Crippen LogP contribution in [0.5, 0.6) is 5.75 Å². The van der Waals surface area contributed by atoms with Crippen LogP contribution in [0.15, 0.2) is 41.9 Å². The average molecular weight is 368 g/mol. The molecule has 2 heterocycles. The third-order valence-electron chi connectivity index (χ3n) is 5.27. The van der Waals surface area contributed by atoms with Gasteiger partial charge in [-0.25, -0.2) is 9.48 Å². The summed E-state index contributed by atoms with van der Waals surface area (Å²) in [7, 11) is 1.62. The summed E-state index contributed by atoms with van der Waals surface area (Å²) in [5.74, 6) is 0.989. The minimum absolute atomic E-state index is 0.0120. The van der Waals surface area contributed by atoms with Crippen LogP contribution in [0.1, 0.15) is 50.6 Å². The van der Waals surface area contributed by atoms with Gasteiger partial charge >= 0.3 is 5.97 Å². The number of allylic oxidation sites excluding steroid dienone is 1. The van der Waals surface area contributed by atoms with E-state index >= 15 is 0 Å². The van der Waals surface area contributed by atoms with Crippen molar-refractivity contribution in [1.29, 1.82) is 0 Å². The maximum atomic E-state index is 13.2. The number of carbonyl (C=O) groups excluding carboxylic acids is 1. The molecule has 0 saturated heterocycles. The number of para-hydroxylation sites is 1. The van der Waals surface area contributed by atoms with Gasteiger partial charge in [0.2, 0.25) is 5.95 Å². The van der Waals surface area contributed by atoms with Crippen LogP contribution in [0.4, 0.5) is 5.95 Å². The van der Waals surface area contributed by atoms with Gasteiger partial charge in [-0.15, -0.1) is 0 Å². The molecule has 1 fully saturated rings. The van der Waals surface area contributed by atoms with Gasteiger partial charge in [0.1, 0.15) is 24.2 Å². The monoisotopic (exact) mass is 368 g/mol. The van der Waals surface area contributed by atoms with E-state index < -0.39 is 6.04 Å². The lowest BCUT2D eigenvalue weighted by Gasteiger charge is -2.30. The van der Waals surface area contributed by atoms with Crippen LogP contribution < -0.4 is 10.1 Å². The van der Waals surface area contributed by atoms with Crippen LogP contribution in [-0.4, -0.2) is 33.9 Å². The summed E-state index contributed by atoms with van der Waals surface area (Å²) in [4.78, 5) is 17.4. The number of nitrogens with zero attached hydrogens (tertiary/aromatic N) is 3. The zero-order valence-electron chi connectivity index (χ0n) is 15.6. The van der Waals surface area contributed by atoms with Crippen molar-refractivity contribution >= 4 is 11.9 Å². The van der Waals surface area contributed by atoms with E-state index in [1.165, 1.54) is 12.7 Å². The van der Waals surface area contributed by atoms with E-state index in [0.29, 0.717) is 17.3 Å². The second-order valence-corrected chi connectivity index (χ2v) is 7.00. The molecular formula is C20H24N4O3. The van der Waals surface area contributed by atoms with Crippen molar-refractivity contribution in [3.8, 4) is 5.75 Å². The number of nitrogens with one attached hydrogen (secondary N) is 1. The molecule has 1 unspecified atom stereocenters. The second-order valence-electron chi connectivity index (χ2n) is 7.00. The topological polar surface area (TPSA) is 78.3 Å². The van der Waals surface area contributed by atoms with Crippen molar-refractivity contribution in [2.75, 3.05) is 12.4 Å². The Labute approximate surface area is 158 Å². The summed E-state index contributed by atoms with van der Waals surface area (Å²) in [5, 5.41) is 7.52. The third kappa shape index (κ3) is 3.29. The molecule has 142 valence electrons. The normalized spacial score (nSPS) is 20.0. The van der Waals surface area contributed by atoms with Gasteiger partial charge in [0.15, 0.2) is 0 Å². The predicted molar refractivity (Wildman–Crippen MR) is 100 cm³/mol. The molecule has 1 aromatic carbocycles. The zero-order valence-corrected chi connectivity index (χ0v) is 15.6. The van der Waals surface area contributed by atoms with Gasteiger partial charge in [0, 0.05) is 11.3 Å². The molecule has 4 rings (SSSR count). The highest BCUT2D eigenvalue weighted by molar-refractivity contribution is 5.92. The van der Waals surface area contributed by atoms with E-state index in [9.17, 15) is 4.79 Å². The van der Waals surface area contributed by atoms with E-state index in [-0.39, 0.29) is 12.1 Å². The standard InChI is InChI=1S/C20H24N4O3/c1-13-17(19(25)27-14-8-4-3-5-9-14)18(24-20(23-13)21-12-22-24)15-10-6-7-11-16(15)26-2/h6-7,10-12,14,18H,3-5,8-9H2,1-2H3,(H,21,22,23). The summed E-state index contributed by atoms with van der Waals surface area (Å²) < 4.78 is 13.1. The van der Waals surface area contributed by atoms with Gasteiger partial charge in [-0.2, -0.15) is 10.1 Å². The first-order valence-electron chi connectivity index (χ1n) is 9.40. The average Bonchev–Trinajstić information content (AvgIpc) is 3.15. The zero-order chi connectivity index (χ0) is 18.8. The van der Waals surface area contributed by atoms with Crippen LogP contribution in [0, 0.1) is 0 Å². The molecule has 1 N–H and O–H groups in total. The summed E-state index contributed by atoms with van der Waals surface area (Å²) >= 11 is 0. The smallest absolute Gasteiger partial charge is 0.338 e.